The Hall–Kier alpha value is -1.13. The summed E-state index contributed by atoms with van der Waals surface area (Å²) in [6.45, 7) is 1.82. The molecule has 3 nitrogen and oxygen atoms in total. The molecule has 1 aliphatic rings. The van der Waals surface area contributed by atoms with Gasteiger partial charge in [0.1, 0.15) is 0 Å². The molecule has 0 N–H and O–H groups in total. The lowest BCUT2D eigenvalue weighted by Crippen LogP contribution is -1.92. The SMILES string of the molecule is CC(=O)SCCC=Cc1cc2c(cc1Cl)OCO2. The van der Waals surface area contributed by atoms with Crippen LogP contribution in [-0.4, -0.2) is 17.7 Å². The normalized spacial score (nSPS) is 13.2. The van der Waals surface area contributed by atoms with Gasteiger partial charge in [0, 0.05) is 18.7 Å². The number of thioether (sulfide) groups is 1. The van der Waals surface area contributed by atoms with Crippen molar-refractivity contribution in [1.82, 2.24) is 0 Å². The third-order valence-corrected chi connectivity index (χ3v) is 3.55. The van der Waals surface area contributed by atoms with E-state index < -0.39 is 0 Å². The minimum Gasteiger partial charge on any atom is -0.454 e. The van der Waals surface area contributed by atoms with Gasteiger partial charge in [-0.25, -0.2) is 0 Å². The van der Waals surface area contributed by atoms with Gasteiger partial charge in [-0.3, -0.25) is 4.79 Å². The van der Waals surface area contributed by atoms with Crippen LogP contribution in [0, 0.1) is 0 Å². The minimum atomic E-state index is 0.143. The van der Waals surface area contributed by atoms with Crippen LogP contribution in [0.15, 0.2) is 18.2 Å². The number of halogens is 1. The Bertz CT molecular complexity index is 485. The maximum absolute atomic E-state index is 10.7. The number of hydrogen-bond acceptors (Lipinski definition) is 4. The van der Waals surface area contributed by atoms with Gasteiger partial charge in [0.05, 0.1) is 5.02 Å². The molecule has 1 aliphatic heterocycles. The van der Waals surface area contributed by atoms with E-state index in [2.05, 4.69) is 0 Å². The molecule has 96 valence electrons. The van der Waals surface area contributed by atoms with Crippen LogP contribution in [-0.2, 0) is 4.79 Å². The molecule has 0 spiro atoms. The van der Waals surface area contributed by atoms with Crippen molar-refractivity contribution in [2.75, 3.05) is 12.5 Å². The van der Waals surface area contributed by atoms with Gasteiger partial charge in [-0.05, 0) is 18.1 Å². The summed E-state index contributed by atoms with van der Waals surface area (Å²) in [4.78, 5) is 10.7. The molecule has 0 unspecified atom stereocenters. The van der Waals surface area contributed by atoms with Crippen LogP contribution < -0.4 is 9.47 Å². The highest BCUT2D eigenvalue weighted by molar-refractivity contribution is 8.13. The molecule has 0 aliphatic carbocycles. The largest absolute Gasteiger partial charge is 0.454 e. The molecule has 5 heteroatoms. The molecular weight excluding hydrogens is 272 g/mol. The number of hydrogen-bond donors (Lipinski definition) is 0. The maximum Gasteiger partial charge on any atom is 0.231 e. The summed E-state index contributed by atoms with van der Waals surface area (Å²) in [5.74, 6) is 2.19. The summed E-state index contributed by atoms with van der Waals surface area (Å²) in [6, 6.07) is 3.62. The summed E-state index contributed by atoms with van der Waals surface area (Å²) < 4.78 is 10.5. The third-order valence-electron chi connectivity index (χ3n) is 2.38. The lowest BCUT2D eigenvalue weighted by Gasteiger charge is -2.01. The molecule has 1 heterocycles. The predicted octanol–water partition coefficient (Wildman–Crippen LogP) is 3.75. The Labute approximate surface area is 115 Å². The quantitative estimate of drug-likeness (QED) is 0.789. The van der Waals surface area contributed by atoms with E-state index >= 15 is 0 Å². The van der Waals surface area contributed by atoms with E-state index in [1.807, 2.05) is 18.2 Å². The van der Waals surface area contributed by atoms with Gasteiger partial charge in [-0.15, -0.1) is 0 Å². The van der Waals surface area contributed by atoms with E-state index in [0.29, 0.717) is 10.8 Å². The van der Waals surface area contributed by atoms with E-state index in [1.165, 1.54) is 11.8 Å². The van der Waals surface area contributed by atoms with E-state index in [4.69, 9.17) is 21.1 Å². The number of fused-ring (bicyclic) bond motifs is 1. The number of benzene rings is 1. The first-order valence-electron chi connectivity index (χ1n) is 5.56. The second-order valence-corrected chi connectivity index (χ2v) is 5.44. The van der Waals surface area contributed by atoms with Crippen LogP contribution in [0.3, 0.4) is 0 Å². The maximum atomic E-state index is 10.7. The summed E-state index contributed by atoms with van der Waals surface area (Å²) in [7, 11) is 0. The average Bonchev–Trinajstić information content (AvgIpc) is 2.75. The van der Waals surface area contributed by atoms with E-state index in [9.17, 15) is 4.79 Å². The van der Waals surface area contributed by atoms with Gasteiger partial charge in [0.15, 0.2) is 16.6 Å². The fraction of sp³-hybridized carbons (Fsp3) is 0.308. The highest BCUT2D eigenvalue weighted by Gasteiger charge is 2.15. The molecule has 1 aromatic rings. The van der Waals surface area contributed by atoms with Crippen molar-refractivity contribution in [1.29, 1.82) is 0 Å². The zero-order valence-electron chi connectivity index (χ0n) is 9.94. The molecule has 0 radical (unpaired) electrons. The Morgan fingerprint density at radius 3 is 2.89 bits per heavy atom. The van der Waals surface area contributed by atoms with Gasteiger partial charge < -0.3 is 9.47 Å². The van der Waals surface area contributed by atoms with Gasteiger partial charge in [0.25, 0.3) is 0 Å². The van der Waals surface area contributed by atoms with Crippen molar-refractivity contribution >= 4 is 34.6 Å². The van der Waals surface area contributed by atoms with Crippen LogP contribution in [0.1, 0.15) is 18.9 Å². The number of rotatable bonds is 4. The first kappa shape index (κ1) is 13.3. The van der Waals surface area contributed by atoms with Crippen molar-refractivity contribution in [3.8, 4) is 11.5 Å². The smallest absolute Gasteiger partial charge is 0.231 e. The summed E-state index contributed by atoms with van der Waals surface area (Å²) in [6.07, 6.45) is 4.76. The summed E-state index contributed by atoms with van der Waals surface area (Å²) >= 11 is 7.45. The van der Waals surface area contributed by atoms with E-state index in [-0.39, 0.29) is 11.9 Å². The van der Waals surface area contributed by atoms with Gasteiger partial charge in [-0.2, -0.15) is 0 Å². The first-order chi connectivity index (χ1) is 8.66. The van der Waals surface area contributed by atoms with Crippen molar-refractivity contribution in [2.45, 2.75) is 13.3 Å². The average molecular weight is 285 g/mol. The highest BCUT2D eigenvalue weighted by atomic mass is 35.5. The second kappa shape index (κ2) is 6.16. The molecule has 1 aromatic carbocycles. The number of carbonyl (C=O) groups is 1. The second-order valence-electron chi connectivity index (χ2n) is 3.76. The summed E-state index contributed by atoms with van der Waals surface area (Å²) in [5, 5.41) is 0.777. The molecule has 0 amide bonds. The van der Waals surface area contributed by atoms with Crippen LogP contribution in [0.5, 0.6) is 11.5 Å². The molecule has 0 saturated carbocycles. The molecule has 0 fully saturated rings. The molecule has 0 bridgehead atoms. The lowest BCUT2D eigenvalue weighted by atomic mass is 10.2. The minimum absolute atomic E-state index is 0.143. The fourth-order valence-corrected chi connectivity index (χ4v) is 2.30. The standard InChI is InChI=1S/C13H13ClO3S/c1-9(15)18-5-3-2-4-10-6-12-13(7-11(10)14)17-8-16-12/h2,4,6-7H,3,5,8H2,1H3. The van der Waals surface area contributed by atoms with Crippen molar-refractivity contribution in [3.05, 3.63) is 28.8 Å². The third kappa shape index (κ3) is 3.43. The Kier molecular flexibility index (Phi) is 4.55. The number of allylic oxidation sites excluding steroid dienone is 1. The Morgan fingerprint density at radius 2 is 2.17 bits per heavy atom. The van der Waals surface area contributed by atoms with Gasteiger partial charge in [-0.1, -0.05) is 35.5 Å². The zero-order valence-corrected chi connectivity index (χ0v) is 11.5. The molecular formula is C13H13ClO3S. The topological polar surface area (TPSA) is 35.5 Å². The van der Waals surface area contributed by atoms with Crippen molar-refractivity contribution < 1.29 is 14.3 Å². The van der Waals surface area contributed by atoms with Crippen LogP contribution in [0.4, 0.5) is 0 Å². The first-order valence-corrected chi connectivity index (χ1v) is 6.92. The van der Waals surface area contributed by atoms with E-state index in [1.54, 1.807) is 13.0 Å². The van der Waals surface area contributed by atoms with E-state index in [0.717, 1.165) is 23.5 Å². The van der Waals surface area contributed by atoms with Crippen LogP contribution >= 0.6 is 23.4 Å². The zero-order chi connectivity index (χ0) is 13.0. The molecule has 0 aromatic heterocycles. The summed E-state index contributed by atoms with van der Waals surface area (Å²) in [5.41, 5.74) is 0.897. The highest BCUT2D eigenvalue weighted by Crippen LogP contribution is 2.37. The van der Waals surface area contributed by atoms with Crippen LogP contribution in [0.25, 0.3) is 6.08 Å². The monoisotopic (exact) mass is 284 g/mol. The van der Waals surface area contributed by atoms with Crippen molar-refractivity contribution in [3.63, 3.8) is 0 Å². The lowest BCUT2D eigenvalue weighted by molar-refractivity contribution is -0.109. The van der Waals surface area contributed by atoms with Gasteiger partial charge >= 0.3 is 0 Å². The van der Waals surface area contributed by atoms with Gasteiger partial charge in [0.2, 0.25) is 6.79 Å². The Morgan fingerprint density at radius 1 is 1.44 bits per heavy atom. The number of ether oxygens (including phenoxy) is 2. The molecule has 2 rings (SSSR count). The fourth-order valence-electron chi connectivity index (χ4n) is 1.54. The number of carbonyl (C=O) groups excluding carboxylic acids is 1. The molecule has 0 saturated heterocycles. The predicted molar refractivity (Wildman–Crippen MR) is 74.4 cm³/mol. The molecule has 18 heavy (non-hydrogen) atoms. The Balaban J connectivity index is 1.97. The molecule has 0 atom stereocenters. The van der Waals surface area contributed by atoms with Crippen molar-refractivity contribution in [2.24, 2.45) is 0 Å². The van der Waals surface area contributed by atoms with Crippen LogP contribution in [0.2, 0.25) is 5.02 Å².